The Hall–Kier alpha value is -1.43. The Balaban J connectivity index is 0.000000296. The molecule has 2 aromatic heterocycles. The molecule has 0 fully saturated rings. The van der Waals surface area contributed by atoms with E-state index in [0.29, 0.717) is 0 Å². The van der Waals surface area contributed by atoms with Crippen molar-refractivity contribution in [2.45, 2.75) is 39.8 Å². The second-order valence-corrected chi connectivity index (χ2v) is 6.11. The van der Waals surface area contributed by atoms with Crippen molar-refractivity contribution in [2.75, 3.05) is 6.66 Å². The summed E-state index contributed by atoms with van der Waals surface area (Å²) >= 11 is 0. The van der Waals surface area contributed by atoms with E-state index in [0.717, 1.165) is 19.8 Å². The lowest BCUT2D eigenvalue weighted by molar-refractivity contribution is 0.381. The minimum absolute atomic E-state index is 0.854. The maximum absolute atomic E-state index is 9.33. The predicted octanol–water partition coefficient (Wildman–Crippen LogP) is 2.38. The molecule has 2 heterocycles. The summed E-state index contributed by atoms with van der Waals surface area (Å²) in [5.41, 5.74) is 0. The Kier molecular flexibility index (Phi) is 10.5. The van der Waals surface area contributed by atoms with Crippen LogP contribution in [-0.4, -0.2) is 35.6 Å². The normalized spacial score (nSPS) is 10.1. The van der Waals surface area contributed by atoms with Gasteiger partial charge in [-0.2, -0.15) is 0 Å². The first kappa shape index (κ1) is 19.6. The summed E-state index contributed by atoms with van der Waals surface area (Å²) in [7, 11) is -3.64. The quantitative estimate of drug-likeness (QED) is 0.845. The monoisotopic (exact) mass is 316 g/mol. The maximum atomic E-state index is 9.33. The predicted molar refractivity (Wildman–Crippen MR) is 83.0 cm³/mol. The van der Waals surface area contributed by atoms with E-state index in [2.05, 4.69) is 32.9 Å². The smallest absolute Gasteiger partial charge is 0.322 e. The molecule has 0 spiro atoms. The van der Waals surface area contributed by atoms with Crippen molar-refractivity contribution < 1.29 is 14.4 Å². The third-order valence-corrected chi connectivity index (χ3v) is 2.08. The average Bonchev–Trinajstić information content (AvgIpc) is 3.01. The molecule has 2 aromatic rings. The molecule has 0 bridgehead atoms. The Morgan fingerprint density at radius 3 is 1.48 bits per heavy atom. The Morgan fingerprint density at radius 1 is 0.952 bits per heavy atom. The SMILES string of the molecule is CCCn1ccnc1.CCCn1ccnc1.CP(=O)(O)O. The van der Waals surface area contributed by atoms with Crippen LogP contribution in [0.25, 0.3) is 0 Å². The number of hydrogen-bond acceptors (Lipinski definition) is 3. The number of aryl methyl sites for hydroxylation is 2. The molecule has 2 rings (SSSR count). The van der Waals surface area contributed by atoms with Gasteiger partial charge in [0, 0.05) is 44.5 Å². The van der Waals surface area contributed by atoms with Crippen molar-refractivity contribution in [3.63, 3.8) is 0 Å². The fraction of sp³-hybridized carbons (Fsp3) is 0.538. The molecule has 0 unspecified atom stereocenters. The molecule has 2 N–H and O–H groups in total. The molecule has 7 nitrogen and oxygen atoms in total. The van der Waals surface area contributed by atoms with Gasteiger partial charge in [-0.1, -0.05) is 13.8 Å². The summed E-state index contributed by atoms with van der Waals surface area (Å²) in [5, 5.41) is 0. The van der Waals surface area contributed by atoms with Crippen molar-refractivity contribution in [3.8, 4) is 0 Å². The second-order valence-electron chi connectivity index (χ2n) is 4.44. The van der Waals surface area contributed by atoms with Crippen LogP contribution in [0.15, 0.2) is 37.4 Å². The van der Waals surface area contributed by atoms with Gasteiger partial charge in [0.2, 0.25) is 0 Å². The highest BCUT2D eigenvalue weighted by atomic mass is 31.2. The highest BCUT2D eigenvalue weighted by Crippen LogP contribution is 2.26. The summed E-state index contributed by atoms with van der Waals surface area (Å²) < 4.78 is 13.5. The number of imidazole rings is 2. The van der Waals surface area contributed by atoms with Gasteiger partial charge < -0.3 is 18.9 Å². The van der Waals surface area contributed by atoms with Gasteiger partial charge in [-0.25, -0.2) is 9.97 Å². The van der Waals surface area contributed by atoms with E-state index in [9.17, 15) is 4.57 Å². The van der Waals surface area contributed by atoms with Crippen LogP contribution in [0.3, 0.4) is 0 Å². The van der Waals surface area contributed by atoms with Crippen molar-refractivity contribution in [3.05, 3.63) is 37.4 Å². The van der Waals surface area contributed by atoms with Gasteiger partial charge in [-0.05, 0) is 12.8 Å². The summed E-state index contributed by atoms with van der Waals surface area (Å²) in [6, 6.07) is 0. The molecule has 0 aliphatic rings. The van der Waals surface area contributed by atoms with E-state index in [-0.39, 0.29) is 0 Å². The van der Waals surface area contributed by atoms with Crippen LogP contribution in [0.2, 0.25) is 0 Å². The first-order valence-corrected chi connectivity index (χ1v) is 8.87. The largest absolute Gasteiger partial charge is 0.338 e. The topological polar surface area (TPSA) is 93.2 Å². The lowest BCUT2D eigenvalue weighted by Gasteiger charge is -1.93. The molecule has 0 atom stereocenters. The fourth-order valence-corrected chi connectivity index (χ4v) is 1.35. The van der Waals surface area contributed by atoms with Crippen LogP contribution in [0.4, 0.5) is 0 Å². The van der Waals surface area contributed by atoms with Gasteiger partial charge in [0.25, 0.3) is 0 Å². The Morgan fingerprint density at radius 2 is 1.29 bits per heavy atom. The number of nitrogens with zero attached hydrogens (tertiary/aromatic N) is 4. The van der Waals surface area contributed by atoms with Crippen molar-refractivity contribution in [2.24, 2.45) is 0 Å². The summed E-state index contributed by atoms with van der Waals surface area (Å²) in [6.45, 7) is 7.33. The van der Waals surface area contributed by atoms with Gasteiger partial charge in [0.15, 0.2) is 0 Å². The molecule has 0 aliphatic heterocycles. The molecular formula is C13H25N4O3P. The molecule has 0 amide bonds. The molecule has 120 valence electrons. The molecule has 8 heteroatoms. The van der Waals surface area contributed by atoms with E-state index >= 15 is 0 Å². The van der Waals surface area contributed by atoms with Crippen molar-refractivity contribution in [1.82, 2.24) is 19.1 Å². The number of rotatable bonds is 4. The zero-order valence-electron chi connectivity index (χ0n) is 12.8. The molecule has 0 saturated heterocycles. The highest BCUT2D eigenvalue weighted by molar-refractivity contribution is 7.50. The summed E-state index contributed by atoms with van der Waals surface area (Å²) in [6.07, 6.45) is 13.6. The molecular weight excluding hydrogens is 291 g/mol. The van der Waals surface area contributed by atoms with Gasteiger partial charge in [-0.3, -0.25) is 4.57 Å². The molecule has 0 radical (unpaired) electrons. The number of hydrogen-bond donors (Lipinski definition) is 2. The van der Waals surface area contributed by atoms with Gasteiger partial charge in [0.05, 0.1) is 12.7 Å². The van der Waals surface area contributed by atoms with E-state index in [4.69, 9.17) is 9.79 Å². The second kappa shape index (κ2) is 11.3. The average molecular weight is 316 g/mol. The first-order valence-electron chi connectivity index (χ1n) is 6.81. The van der Waals surface area contributed by atoms with Gasteiger partial charge >= 0.3 is 7.60 Å². The van der Waals surface area contributed by atoms with Gasteiger partial charge in [-0.15, -0.1) is 0 Å². The first-order chi connectivity index (χ1) is 9.86. The third kappa shape index (κ3) is 14.8. The third-order valence-electron chi connectivity index (χ3n) is 2.08. The molecule has 0 aromatic carbocycles. The van der Waals surface area contributed by atoms with E-state index in [1.54, 1.807) is 12.4 Å². The molecule has 0 aliphatic carbocycles. The van der Waals surface area contributed by atoms with Crippen LogP contribution in [-0.2, 0) is 17.7 Å². The van der Waals surface area contributed by atoms with Crippen LogP contribution < -0.4 is 0 Å². The highest BCUT2D eigenvalue weighted by Gasteiger charge is 1.95. The van der Waals surface area contributed by atoms with Crippen LogP contribution in [0, 0.1) is 0 Å². The standard InChI is InChI=1S/2C6H10N2.CH5O3P/c2*1-2-4-8-5-3-7-6-8;1-5(2,3)4/h2*3,5-6H,2,4H2,1H3;1H3,(H2,2,3,4). The zero-order valence-corrected chi connectivity index (χ0v) is 13.7. The molecule has 0 saturated carbocycles. The summed E-state index contributed by atoms with van der Waals surface area (Å²) in [4.78, 5) is 23.1. The minimum atomic E-state index is -3.64. The van der Waals surface area contributed by atoms with Crippen LogP contribution in [0.1, 0.15) is 26.7 Å². The van der Waals surface area contributed by atoms with Crippen LogP contribution in [0.5, 0.6) is 0 Å². The van der Waals surface area contributed by atoms with Crippen LogP contribution >= 0.6 is 7.60 Å². The molecule has 21 heavy (non-hydrogen) atoms. The van der Waals surface area contributed by atoms with E-state index in [1.165, 1.54) is 12.8 Å². The zero-order chi connectivity index (χ0) is 16.1. The van der Waals surface area contributed by atoms with Crippen molar-refractivity contribution >= 4 is 7.60 Å². The van der Waals surface area contributed by atoms with E-state index in [1.807, 2.05) is 25.0 Å². The Labute approximate surface area is 125 Å². The van der Waals surface area contributed by atoms with E-state index < -0.39 is 7.60 Å². The number of aromatic nitrogens is 4. The van der Waals surface area contributed by atoms with Gasteiger partial charge in [0.1, 0.15) is 0 Å². The minimum Gasteiger partial charge on any atom is -0.338 e. The lowest BCUT2D eigenvalue weighted by Crippen LogP contribution is -1.90. The lowest BCUT2D eigenvalue weighted by atomic mass is 10.5. The van der Waals surface area contributed by atoms with Crippen molar-refractivity contribution in [1.29, 1.82) is 0 Å². The summed E-state index contributed by atoms with van der Waals surface area (Å²) in [5.74, 6) is 0. The Bertz CT molecular complexity index is 435. The fourth-order valence-electron chi connectivity index (χ4n) is 1.35. The maximum Gasteiger partial charge on any atom is 0.322 e.